The highest BCUT2D eigenvalue weighted by Gasteiger charge is 2.05. The molecule has 0 fully saturated rings. The predicted octanol–water partition coefficient (Wildman–Crippen LogP) is 4.93. The summed E-state index contributed by atoms with van der Waals surface area (Å²) in [5, 5.41) is 3.37. The van der Waals surface area contributed by atoms with Crippen LogP contribution < -0.4 is 14.8 Å². The molecule has 4 nitrogen and oxygen atoms in total. The van der Waals surface area contributed by atoms with E-state index in [1.807, 2.05) is 36.4 Å². The molecule has 0 atom stereocenters. The van der Waals surface area contributed by atoms with Gasteiger partial charge in [-0.25, -0.2) is 0 Å². The van der Waals surface area contributed by atoms with Crippen molar-refractivity contribution in [1.29, 1.82) is 0 Å². The lowest BCUT2D eigenvalue weighted by Gasteiger charge is -2.09. The van der Waals surface area contributed by atoms with Gasteiger partial charge in [-0.3, -0.25) is 4.79 Å². The van der Waals surface area contributed by atoms with Crippen molar-refractivity contribution in [1.82, 2.24) is 0 Å². The third-order valence-corrected chi connectivity index (χ3v) is 3.64. The van der Waals surface area contributed by atoms with Gasteiger partial charge in [0.1, 0.15) is 11.5 Å². The maximum atomic E-state index is 11.9. The highest BCUT2D eigenvalue weighted by Crippen LogP contribution is 2.23. The first-order valence-corrected chi connectivity index (χ1v) is 8.47. The summed E-state index contributed by atoms with van der Waals surface area (Å²) < 4.78 is 11.1. The number of amides is 1. The number of carbonyl (C=O) groups excluding carboxylic acids is 1. The third kappa shape index (κ3) is 6.13. The second-order valence-electron chi connectivity index (χ2n) is 5.30. The normalized spacial score (nSPS) is 10.2. The summed E-state index contributed by atoms with van der Waals surface area (Å²) >= 11 is 5.99. The predicted molar refractivity (Wildman–Crippen MR) is 97.0 cm³/mol. The first kappa shape index (κ1) is 18.1. The van der Waals surface area contributed by atoms with Crippen LogP contribution in [0.4, 0.5) is 5.69 Å². The minimum atomic E-state index is -0.110. The van der Waals surface area contributed by atoms with Gasteiger partial charge in [-0.1, -0.05) is 37.1 Å². The minimum absolute atomic E-state index is 0.110. The molecule has 0 saturated heterocycles. The molecule has 0 aromatic heterocycles. The molecule has 2 rings (SSSR count). The maximum Gasteiger partial charge on any atom is 0.227 e. The number of rotatable bonds is 9. The molecule has 0 aliphatic heterocycles. The summed E-state index contributed by atoms with van der Waals surface area (Å²) in [6, 6.07) is 14.6. The Hall–Kier alpha value is -2.20. The van der Waals surface area contributed by atoms with Crippen molar-refractivity contribution in [3.05, 3.63) is 53.6 Å². The monoisotopic (exact) mass is 347 g/mol. The third-order valence-electron chi connectivity index (χ3n) is 3.33. The second-order valence-corrected chi connectivity index (χ2v) is 5.71. The molecule has 5 heteroatoms. The van der Waals surface area contributed by atoms with Crippen molar-refractivity contribution >= 4 is 23.2 Å². The number of hydrogen-bond acceptors (Lipinski definition) is 3. The van der Waals surface area contributed by atoms with E-state index in [4.69, 9.17) is 21.1 Å². The SMILES string of the molecule is CCCCOc1ccc(NC(=O)CCOc2ccccc2Cl)cc1. The van der Waals surface area contributed by atoms with Gasteiger partial charge in [-0.2, -0.15) is 0 Å². The zero-order chi connectivity index (χ0) is 17.2. The average molecular weight is 348 g/mol. The van der Waals surface area contributed by atoms with Gasteiger partial charge in [0.25, 0.3) is 0 Å². The van der Waals surface area contributed by atoms with E-state index in [0.29, 0.717) is 17.4 Å². The van der Waals surface area contributed by atoms with E-state index in [-0.39, 0.29) is 18.9 Å². The summed E-state index contributed by atoms with van der Waals surface area (Å²) in [7, 11) is 0. The van der Waals surface area contributed by atoms with E-state index in [9.17, 15) is 4.79 Å². The maximum absolute atomic E-state index is 11.9. The molecule has 0 aliphatic rings. The molecule has 0 bridgehead atoms. The van der Waals surface area contributed by atoms with Crippen LogP contribution in [-0.4, -0.2) is 19.1 Å². The second kappa shape index (κ2) is 9.83. The van der Waals surface area contributed by atoms with Crippen molar-refractivity contribution in [2.45, 2.75) is 26.2 Å². The number of halogens is 1. The summed E-state index contributed by atoms with van der Waals surface area (Å²) in [6.45, 7) is 3.10. The van der Waals surface area contributed by atoms with Gasteiger partial charge < -0.3 is 14.8 Å². The van der Waals surface area contributed by atoms with Gasteiger partial charge in [0, 0.05) is 5.69 Å². The van der Waals surface area contributed by atoms with Gasteiger partial charge in [0.05, 0.1) is 24.7 Å². The Kier molecular flexibility index (Phi) is 7.43. The molecular weight excluding hydrogens is 326 g/mol. The molecule has 0 aliphatic carbocycles. The lowest BCUT2D eigenvalue weighted by Crippen LogP contribution is -2.15. The molecule has 24 heavy (non-hydrogen) atoms. The number of ether oxygens (including phenoxy) is 2. The number of benzene rings is 2. The van der Waals surface area contributed by atoms with Crippen molar-refractivity contribution < 1.29 is 14.3 Å². The summed E-state index contributed by atoms with van der Waals surface area (Å²) in [5.41, 5.74) is 0.737. The lowest BCUT2D eigenvalue weighted by molar-refractivity contribution is -0.116. The van der Waals surface area contributed by atoms with Crippen LogP contribution in [0.5, 0.6) is 11.5 Å². The van der Waals surface area contributed by atoms with E-state index < -0.39 is 0 Å². The zero-order valence-corrected chi connectivity index (χ0v) is 14.5. The van der Waals surface area contributed by atoms with E-state index in [1.54, 1.807) is 12.1 Å². The Balaban J connectivity index is 1.73. The van der Waals surface area contributed by atoms with Crippen LogP contribution in [0.25, 0.3) is 0 Å². The molecule has 0 radical (unpaired) electrons. The van der Waals surface area contributed by atoms with Crippen LogP contribution in [0.15, 0.2) is 48.5 Å². The smallest absolute Gasteiger partial charge is 0.227 e. The lowest BCUT2D eigenvalue weighted by atomic mass is 10.3. The van der Waals surface area contributed by atoms with Crippen molar-refractivity contribution in [2.75, 3.05) is 18.5 Å². The van der Waals surface area contributed by atoms with Crippen LogP contribution in [0.1, 0.15) is 26.2 Å². The van der Waals surface area contributed by atoms with E-state index >= 15 is 0 Å². The van der Waals surface area contributed by atoms with Crippen molar-refractivity contribution in [3.63, 3.8) is 0 Å². The summed E-state index contributed by atoms with van der Waals surface area (Å²) in [6.07, 6.45) is 2.38. The van der Waals surface area contributed by atoms with Crippen molar-refractivity contribution in [3.8, 4) is 11.5 Å². The minimum Gasteiger partial charge on any atom is -0.494 e. The molecule has 0 heterocycles. The first-order valence-electron chi connectivity index (χ1n) is 8.09. The van der Waals surface area contributed by atoms with Crippen LogP contribution in [0.2, 0.25) is 5.02 Å². The Morgan fingerprint density at radius 3 is 2.50 bits per heavy atom. The molecule has 2 aromatic rings. The van der Waals surface area contributed by atoms with Gasteiger partial charge >= 0.3 is 0 Å². The number of nitrogens with one attached hydrogen (secondary N) is 1. The number of anilines is 1. The number of para-hydroxylation sites is 1. The fraction of sp³-hybridized carbons (Fsp3) is 0.316. The van der Waals surface area contributed by atoms with Crippen LogP contribution in [0, 0.1) is 0 Å². The molecule has 2 aromatic carbocycles. The number of unbranched alkanes of at least 4 members (excludes halogenated alkanes) is 1. The zero-order valence-electron chi connectivity index (χ0n) is 13.8. The van der Waals surface area contributed by atoms with Gasteiger partial charge in [-0.15, -0.1) is 0 Å². The fourth-order valence-electron chi connectivity index (χ4n) is 2.01. The van der Waals surface area contributed by atoms with E-state index in [1.165, 1.54) is 0 Å². The van der Waals surface area contributed by atoms with Crippen LogP contribution >= 0.6 is 11.6 Å². The standard InChI is InChI=1S/C19H22ClNO3/c1-2-3-13-23-16-10-8-15(9-11-16)21-19(22)12-14-24-18-7-5-4-6-17(18)20/h4-11H,2-3,12-14H2,1H3,(H,21,22). The van der Waals surface area contributed by atoms with Crippen molar-refractivity contribution in [2.24, 2.45) is 0 Å². The number of hydrogen-bond donors (Lipinski definition) is 1. The highest BCUT2D eigenvalue weighted by atomic mass is 35.5. The molecule has 1 N–H and O–H groups in total. The highest BCUT2D eigenvalue weighted by molar-refractivity contribution is 6.32. The van der Waals surface area contributed by atoms with Gasteiger partial charge in [0.15, 0.2) is 0 Å². The molecule has 0 unspecified atom stereocenters. The van der Waals surface area contributed by atoms with Gasteiger partial charge in [0.2, 0.25) is 5.91 Å². The first-order chi connectivity index (χ1) is 11.7. The topological polar surface area (TPSA) is 47.6 Å². The number of carbonyl (C=O) groups is 1. The molecule has 1 amide bonds. The fourth-order valence-corrected chi connectivity index (χ4v) is 2.20. The van der Waals surface area contributed by atoms with Crippen LogP contribution in [0.3, 0.4) is 0 Å². The average Bonchev–Trinajstić information content (AvgIpc) is 2.58. The van der Waals surface area contributed by atoms with E-state index in [0.717, 1.165) is 24.3 Å². The quantitative estimate of drug-likeness (QED) is 0.654. The Morgan fingerprint density at radius 2 is 1.79 bits per heavy atom. The molecule has 128 valence electrons. The Labute approximate surface area is 147 Å². The molecule has 0 saturated carbocycles. The molecular formula is C19H22ClNO3. The van der Waals surface area contributed by atoms with Gasteiger partial charge in [-0.05, 0) is 42.8 Å². The largest absolute Gasteiger partial charge is 0.494 e. The Bertz CT molecular complexity index is 643. The van der Waals surface area contributed by atoms with Crippen LogP contribution in [-0.2, 0) is 4.79 Å². The Morgan fingerprint density at radius 1 is 1.04 bits per heavy atom. The molecule has 0 spiro atoms. The summed E-state index contributed by atoms with van der Waals surface area (Å²) in [5.74, 6) is 1.28. The van der Waals surface area contributed by atoms with E-state index in [2.05, 4.69) is 12.2 Å². The summed E-state index contributed by atoms with van der Waals surface area (Å²) in [4.78, 5) is 11.9.